The molecule has 1 aromatic heterocycles. The SMILES string of the molecule is COCC(=O)N(C1CCOCC1)C1CCN(C(=O)CCn2cc(C)cn2)C1. The van der Waals surface area contributed by atoms with Gasteiger partial charge in [0.2, 0.25) is 11.8 Å². The van der Waals surface area contributed by atoms with Crippen LogP contribution in [0.15, 0.2) is 12.4 Å². The Morgan fingerprint density at radius 2 is 2.07 bits per heavy atom. The summed E-state index contributed by atoms with van der Waals surface area (Å²) in [5.41, 5.74) is 1.09. The van der Waals surface area contributed by atoms with Gasteiger partial charge in [-0.05, 0) is 31.7 Å². The van der Waals surface area contributed by atoms with Crippen molar-refractivity contribution in [2.45, 2.75) is 51.2 Å². The summed E-state index contributed by atoms with van der Waals surface area (Å²) in [5.74, 6) is 0.132. The highest BCUT2D eigenvalue weighted by Gasteiger charge is 2.37. The third kappa shape index (κ3) is 5.07. The largest absolute Gasteiger partial charge is 0.381 e. The first-order valence-electron chi connectivity index (χ1n) is 9.73. The van der Waals surface area contributed by atoms with Crippen LogP contribution in [-0.2, 0) is 25.6 Å². The minimum absolute atomic E-state index is 0.00992. The van der Waals surface area contributed by atoms with E-state index in [1.165, 1.54) is 0 Å². The van der Waals surface area contributed by atoms with Crippen molar-refractivity contribution in [3.63, 3.8) is 0 Å². The fraction of sp³-hybridized carbons (Fsp3) is 0.737. The molecule has 150 valence electrons. The molecule has 2 fully saturated rings. The summed E-state index contributed by atoms with van der Waals surface area (Å²) in [7, 11) is 1.54. The lowest BCUT2D eigenvalue weighted by Crippen LogP contribution is -2.51. The van der Waals surface area contributed by atoms with Crippen LogP contribution in [-0.4, -0.2) is 83.5 Å². The van der Waals surface area contributed by atoms with E-state index in [9.17, 15) is 9.59 Å². The van der Waals surface area contributed by atoms with Gasteiger partial charge in [-0.2, -0.15) is 5.10 Å². The molecule has 1 unspecified atom stereocenters. The average Bonchev–Trinajstić information content (AvgIpc) is 3.30. The lowest BCUT2D eigenvalue weighted by atomic mass is 10.0. The van der Waals surface area contributed by atoms with Crippen molar-refractivity contribution in [2.24, 2.45) is 0 Å². The van der Waals surface area contributed by atoms with Crippen LogP contribution in [0.3, 0.4) is 0 Å². The average molecular weight is 378 g/mol. The van der Waals surface area contributed by atoms with Crippen molar-refractivity contribution in [1.29, 1.82) is 0 Å². The van der Waals surface area contributed by atoms with Gasteiger partial charge in [0.05, 0.1) is 12.2 Å². The van der Waals surface area contributed by atoms with E-state index in [1.54, 1.807) is 18.0 Å². The van der Waals surface area contributed by atoms with Gasteiger partial charge >= 0.3 is 0 Å². The molecule has 27 heavy (non-hydrogen) atoms. The van der Waals surface area contributed by atoms with Crippen LogP contribution in [0, 0.1) is 6.92 Å². The van der Waals surface area contributed by atoms with Crippen LogP contribution < -0.4 is 0 Å². The quantitative estimate of drug-likeness (QED) is 0.703. The van der Waals surface area contributed by atoms with Crippen LogP contribution in [0.1, 0.15) is 31.2 Å². The number of rotatable bonds is 7. The number of hydrogen-bond acceptors (Lipinski definition) is 5. The van der Waals surface area contributed by atoms with Gasteiger partial charge in [0, 0.05) is 58.6 Å². The normalized spacial score (nSPS) is 20.8. The standard InChI is InChI=1S/C19H30N4O4/c1-15-11-20-22(12-15)8-4-18(24)21-7-3-17(13-21)23(19(25)14-26-2)16-5-9-27-10-6-16/h11-12,16-17H,3-10,13-14H2,1-2H3. The van der Waals surface area contributed by atoms with Crippen molar-refractivity contribution in [1.82, 2.24) is 19.6 Å². The molecule has 2 aliphatic heterocycles. The molecule has 0 aromatic carbocycles. The molecule has 0 bridgehead atoms. The van der Waals surface area contributed by atoms with Gasteiger partial charge in [-0.15, -0.1) is 0 Å². The Morgan fingerprint density at radius 1 is 1.30 bits per heavy atom. The fourth-order valence-electron chi connectivity index (χ4n) is 4.02. The van der Waals surface area contributed by atoms with E-state index >= 15 is 0 Å². The third-order valence-corrected chi connectivity index (χ3v) is 5.37. The Labute approximate surface area is 160 Å². The molecule has 8 heteroatoms. The second-order valence-electron chi connectivity index (χ2n) is 7.39. The zero-order valence-corrected chi connectivity index (χ0v) is 16.3. The number of aromatic nitrogens is 2. The van der Waals surface area contributed by atoms with E-state index in [-0.39, 0.29) is 30.5 Å². The Bertz CT molecular complexity index is 641. The Balaban J connectivity index is 1.57. The first kappa shape index (κ1) is 19.8. The predicted molar refractivity (Wildman–Crippen MR) is 99.1 cm³/mol. The monoisotopic (exact) mass is 378 g/mol. The highest BCUT2D eigenvalue weighted by Crippen LogP contribution is 2.24. The fourth-order valence-corrected chi connectivity index (χ4v) is 4.02. The van der Waals surface area contributed by atoms with Crippen LogP contribution in [0.2, 0.25) is 0 Å². The van der Waals surface area contributed by atoms with Crippen LogP contribution in [0.4, 0.5) is 0 Å². The summed E-state index contributed by atoms with van der Waals surface area (Å²) in [6, 6.07) is 0.236. The second-order valence-corrected chi connectivity index (χ2v) is 7.39. The molecule has 3 rings (SSSR count). The predicted octanol–water partition coefficient (Wildman–Crippen LogP) is 0.837. The maximum Gasteiger partial charge on any atom is 0.249 e. The first-order chi connectivity index (χ1) is 13.1. The highest BCUT2D eigenvalue weighted by atomic mass is 16.5. The number of likely N-dealkylation sites (tertiary alicyclic amines) is 1. The molecule has 1 aromatic rings. The minimum atomic E-state index is 0.00992. The smallest absolute Gasteiger partial charge is 0.249 e. The number of amides is 2. The first-order valence-corrected chi connectivity index (χ1v) is 9.73. The molecule has 1 atom stereocenters. The summed E-state index contributed by atoms with van der Waals surface area (Å²) < 4.78 is 12.3. The molecule has 2 aliphatic rings. The van der Waals surface area contributed by atoms with E-state index in [0.29, 0.717) is 39.3 Å². The van der Waals surface area contributed by atoms with Crippen molar-refractivity contribution in [3.8, 4) is 0 Å². The van der Waals surface area contributed by atoms with E-state index < -0.39 is 0 Å². The van der Waals surface area contributed by atoms with Gasteiger partial charge in [-0.1, -0.05) is 0 Å². The number of ether oxygens (including phenoxy) is 2. The number of nitrogens with zero attached hydrogens (tertiary/aromatic N) is 4. The van der Waals surface area contributed by atoms with E-state index in [2.05, 4.69) is 5.10 Å². The van der Waals surface area contributed by atoms with Gasteiger partial charge in [0.25, 0.3) is 0 Å². The number of methoxy groups -OCH3 is 1. The third-order valence-electron chi connectivity index (χ3n) is 5.37. The Kier molecular flexibility index (Phi) is 6.84. The molecule has 2 saturated heterocycles. The molecule has 0 saturated carbocycles. The van der Waals surface area contributed by atoms with Crippen molar-refractivity contribution in [2.75, 3.05) is 40.0 Å². The van der Waals surface area contributed by atoms with Crippen LogP contribution >= 0.6 is 0 Å². The number of hydrogen-bond donors (Lipinski definition) is 0. The zero-order valence-electron chi connectivity index (χ0n) is 16.3. The van der Waals surface area contributed by atoms with Crippen LogP contribution in [0.5, 0.6) is 0 Å². The zero-order chi connectivity index (χ0) is 19.2. The van der Waals surface area contributed by atoms with Gasteiger partial charge in [-0.3, -0.25) is 14.3 Å². The van der Waals surface area contributed by atoms with Crippen molar-refractivity contribution in [3.05, 3.63) is 18.0 Å². The van der Waals surface area contributed by atoms with Crippen LogP contribution in [0.25, 0.3) is 0 Å². The minimum Gasteiger partial charge on any atom is -0.381 e. The number of carbonyl (C=O) groups excluding carboxylic acids is 2. The Hall–Kier alpha value is -1.93. The molecular weight excluding hydrogens is 348 g/mol. The molecular formula is C19H30N4O4. The lowest BCUT2D eigenvalue weighted by Gasteiger charge is -2.38. The maximum absolute atomic E-state index is 12.7. The Morgan fingerprint density at radius 3 is 2.74 bits per heavy atom. The second kappa shape index (κ2) is 9.32. The summed E-state index contributed by atoms with van der Waals surface area (Å²) in [4.78, 5) is 29.1. The molecule has 2 amide bonds. The molecule has 3 heterocycles. The highest BCUT2D eigenvalue weighted by molar-refractivity contribution is 5.79. The number of aryl methyl sites for hydroxylation is 2. The van der Waals surface area contributed by atoms with E-state index in [0.717, 1.165) is 24.8 Å². The lowest BCUT2D eigenvalue weighted by molar-refractivity contribution is -0.143. The molecule has 0 spiro atoms. The van der Waals surface area contributed by atoms with Gasteiger partial charge in [0.15, 0.2) is 0 Å². The summed E-state index contributed by atoms with van der Waals surface area (Å²) in [5, 5.41) is 4.23. The van der Waals surface area contributed by atoms with E-state index in [4.69, 9.17) is 9.47 Å². The molecule has 0 aliphatic carbocycles. The molecule has 8 nitrogen and oxygen atoms in total. The molecule has 0 radical (unpaired) electrons. The topological polar surface area (TPSA) is 76.9 Å². The molecule has 0 N–H and O–H groups in total. The van der Waals surface area contributed by atoms with Gasteiger partial charge in [-0.25, -0.2) is 0 Å². The maximum atomic E-state index is 12.7. The van der Waals surface area contributed by atoms with E-state index in [1.807, 2.05) is 22.9 Å². The summed E-state index contributed by atoms with van der Waals surface area (Å²) in [6.07, 6.45) is 6.67. The number of carbonyl (C=O) groups is 2. The van der Waals surface area contributed by atoms with Crippen molar-refractivity contribution < 1.29 is 19.1 Å². The summed E-state index contributed by atoms with van der Waals surface area (Å²) >= 11 is 0. The van der Waals surface area contributed by atoms with Gasteiger partial charge < -0.3 is 19.3 Å². The van der Waals surface area contributed by atoms with Gasteiger partial charge in [0.1, 0.15) is 6.61 Å². The van der Waals surface area contributed by atoms with Crippen molar-refractivity contribution >= 4 is 11.8 Å². The summed E-state index contributed by atoms with van der Waals surface area (Å²) in [6.45, 7) is 5.31.